The number of fused-ring (bicyclic) bond motifs is 1. The molecule has 0 aliphatic heterocycles. The quantitative estimate of drug-likeness (QED) is 0.651. The first-order valence-corrected chi connectivity index (χ1v) is 7.49. The summed E-state index contributed by atoms with van der Waals surface area (Å²) in [7, 11) is 0. The van der Waals surface area contributed by atoms with Crippen LogP contribution in [0.1, 0.15) is 16.5 Å². The van der Waals surface area contributed by atoms with Crippen LogP contribution in [0.3, 0.4) is 0 Å². The molecule has 0 N–H and O–H groups in total. The third kappa shape index (κ3) is 2.14. The van der Waals surface area contributed by atoms with E-state index < -0.39 is 0 Å². The van der Waals surface area contributed by atoms with Crippen LogP contribution in [0.4, 0.5) is 0 Å². The van der Waals surface area contributed by atoms with Gasteiger partial charge in [0.2, 0.25) is 0 Å². The van der Waals surface area contributed by atoms with Crippen molar-refractivity contribution in [2.24, 2.45) is 0 Å². The number of rotatable bonds is 2. The Kier molecular flexibility index (Phi) is 3.06. The van der Waals surface area contributed by atoms with Crippen molar-refractivity contribution in [3.05, 3.63) is 37.7 Å². The molecule has 0 saturated heterocycles. The zero-order chi connectivity index (χ0) is 12.7. The van der Waals surface area contributed by atoms with Crippen molar-refractivity contribution in [1.82, 2.24) is 19.5 Å². The molecule has 0 aromatic carbocycles. The Hall–Kier alpha value is -1.02. The van der Waals surface area contributed by atoms with Crippen LogP contribution >= 0.6 is 33.9 Å². The summed E-state index contributed by atoms with van der Waals surface area (Å²) in [5.41, 5.74) is 2.96. The Labute approximate surface area is 122 Å². The second-order valence-electron chi connectivity index (χ2n) is 4.10. The molecule has 0 amide bonds. The zero-order valence-corrected chi connectivity index (χ0v) is 13.0. The van der Waals surface area contributed by atoms with Crippen molar-refractivity contribution in [2.75, 3.05) is 0 Å². The average Bonchev–Trinajstić information content (AvgIpc) is 2.86. The Balaban J connectivity index is 2.10. The summed E-state index contributed by atoms with van der Waals surface area (Å²) >= 11 is 3.95. The van der Waals surface area contributed by atoms with Crippen molar-refractivity contribution in [1.29, 1.82) is 0 Å². The van der Waals surface area contributed by atoms with E-state index in [1.807, 2.05) is 20.0 Å². The molecule has 3 rings (SSSR count). The molecule has 0 spiro atoms. The molecule has 0 saturated carbocycles. The third-order valence-corrected chi connectivity index (χ3v) is 4.16. The second kappa shape index (κ2) is 4.58. The molecular formula is C12H11IN4S. The standard InChI is InChI=1S/C12H11IN4S/c1-7-15-12-11(3-9(13)4-14-12)17(7)5-10-6-18-8(2)16-10/h3-4,6H,5H2,1-2H3. The van der Waals surface area contributed by atoms with Gasteiger partial charge in [-0.05, 0) is 42.5 Å². The fraction of sp³-hybridized carbons (Fsp3) is 0.250. The molecule has 3 heterocycles. The fourth-order valence-electron chi connectivity index (χ4n) is 1.94. The summed E-state index contributed by atoms with van der Waals surface area (Å²) < 4.78 is 3.29. The molecule has 0 aliphatic carbocycles. The Morgan fingerprint density at radius 1 is 1.33 bits per heavy atom. The number of hydrogen-bond donors (Lipinski definition) is 0. The minimum Gasteiger partial charge on any atom is -0.321 e. The van der Waals surface area contributed by atoms with E-state index in [0.29, 0.717) is 0 Å². The first-order valence-electron chi connectivity index (χ1n) is 5.53. The van der Waals surface area contributed by atoms with Gasteiger partial charge in [0, 0.05) is 15.1 Å². The van der Waals surface area contributed by atoms with E-state index in [9.17, 15) is 0 Å². The summed E-state index contributed by atoms with van der Waals surface area (Å²) in [5, 5.41) is 3.20. The van der Waals surface area contributed by atoms with Gasteiger partial charge in [-0.15, -0.1) is 11.3 Å². The van der Waals surface area contributed by atoms with Crippen LogP contribution in [0, 0.1) is 17.4 Å². The maximum Gasteiger partial charge on any atom is 0.177 e. The molecule has 0 aliphatic rings. The summed E-state index contributed by atoms with van der Waals surface area (Å²) in [6, 6.07) is 2.11. The van der Waals surface area contributed by atoms with Gasteiger partial charge in [0.15, 0.2) is 5.65 Å². The molecule has 0 atom stereocenters. The number of aromatic nitrogens is 4. The predicted octanol–water partition coefficient (Wildman–Crippen LogP) is 3.16. The second-order valence-corrected chi connectivity index (χ2v) is 6.41. The molecule has 0 fully saturated rings. The van der Waals surface area contributed by atoms with E-state index in [4.69, 9.17) is 0 Å². The Morgan fingerprint density at radius 2 is 2.17 bits per heavy atom. The Morgan fingerprint density at radius 3 is 2.89 bits per heavy atom. The van der Waals surface area contributed by atoms with Gasteiger partial charge in [0.05, 0.1) is 22.8 Å². The van der Waals surface area contributed by atoms with Crippen molar-refractivity contribution < 1.29 is 0 Å². The lowest BCUT2D eigenvalue weighted by molar-refractivity contribution is 0.767. The highest BCUT2D eigenvalue weighted by Crippen LogP contribution is 2.19. The van der Waals surface area contributed by atoms with Gasteiger partial charge in [-0.1, -0.05) is 0 Å². The van der Waals surface area contributed by atoms with Crippen molar-refractivity contribution >= 4 is 45.1 Å². The molecule has 18 heavy (non-hydrogen) atoms. The van der Waals surface area contributed by atoms with Crippen LogP contribution in [-0.4, -0.2) is 19.5 Å². The maximum atomic E-state index is 4.50. The molecule has 0 unspecified atom stereocenters. The van der Waals surface area contributed by atoms with E-state index >= 15 is 0 Å². The Bertz CT molecular complexity index is 716. The summed E-state index contributed by atoms with van der Waals surface area (Å²) in [6.07, 6.45) is 1.84. The van der Waals surface area contributed by atoms with Crippen LogP contribution < -0.4 is 0 Å². The number of aryl methyl sites for hydroxylation is 2. The molecule has 92 valence electrons. The lowest BCUT2D eigenvalue weighted by atomic mass is 10.4. The van der Waals surface area contributed by atoms with Crippen LogP contribution in [0.5, 0.6) is 0 Å². The van der Waals surface area contributed by atoms with Crippen LogP contribution in [0.25, 0.3) is 11.2 Å². The molecule has 3 aromatic rings. The van der Waals surface area contributed by atoms with E-state index in [0.717, 1.165) is 37.8 Å². The third-order valence-electron chi connectivity index (χ3n) is 2.75. The first kappa shape index (κ1) is 12.0. The van der Waals surface area contributed by atoms with Gasteiger partial charge in [-0.3, -0.25) is 0 Å². The molecule has 0 radical (unpaired) electrons. The number of pyridine rings is 1. The number of imidazole rings is 1. The highest BCUT2D eigenvalue weighted by Gasteiger charge is 2.10. The van der Waals surface area contributed by atoms with E-state index in [-0.39, 0.29) is 0 Å². The van der Waals surface area contributed by atoms with Crippen molar-refractivity contribution in [3.8, 4) is 0 Å². The molecule has 0 bridgehead atoms. The number of hydrogen-bond acceptors (Lipinski definition) is 4. The monoisotopic (exact) mass is 370 g/mol. The van der Waals surface area contributed by atoms with Crippen molar-refractivity contribution in [2.45, 2.75) is 20.4 Å². The lowest BCUT2D eigenvalue weighted by Gasteiger charge is -2.04. The normalized spacial score (nSPS) is 11.3. The lowest BCUT2D eigenvalue weighted by Crippen LogP contribution is -2.02. The molecule has 3 aromatic heterocycles. The smallest absolute Gasteiger partial charge is 0.177 e. The first-order chi connectivity index (χ1) is 8.63. The summed E-state index contributed by atoms with van der Waals surface area (Å²) in [6.45, 7) is 4.79. The van der Waals surface area contributed by atoms with Gasteiger partial charge in [-0.25, -0.2) is 15.0 Å². The average molecular weight is 370 g/mol. The van der Waals surface area contributed by atoms with Gasteiger partial charge in [0.25, 0.3) is 0 Å². The largest absolute Gasteiger partial charge is 0.321 e. The summed E-state index contributed by atoms with van der Waals surface area (Å²) in [4.78, 5) is 13.3. The highest BCUT2D eigenvalue weighted by atomic mass is 127. The van der Waals surface area contributed by atoms with Crippen LogP contribution in [0.2, 0.25) is 0 Å². The number of nitrogens with zero attached hydrogens (tertiary/aromatic N) is 4. The summed E-state index contributed by atoms with van der Waals surface area (Å²) in [5.74, 6) is 0.977. The highest BCUT2D eigenvalue weighted by molar-refractivity contribution is 14.1. The van der Waals surface area contributed by atoms with E-state index in [1.54, 1.807) is 11.3 Å². The van der Waals surface area contributed by atoms with E-state index in [2.05, 4.69) is 53.6 Å². The van der Waals surface area contributed by atoms with Gasteiger partial charge < -0.3 is 4.57 Å². The number of thiazole rings is 1. The fourth-order valence-corrected chi connectivity index (χ4v) is 2.97. The molecular weight excluding hydrogens is 359 g/mol. The van der Waals surface area contributed by atoms with Crippen LogP contribution in [0.15, 0.2) is 17.6 Å². The predicted molar refractivity (Wildman–Crippen MR) is 80.9 cm³/mol. The van der Waals surface area contributed by atoms with Crippen LogP contribution in [-0.2, 0) is 6.54 Å². The molecule has 4 nitrogen and oxygen atoms in total. The topological polar surface area (TPSA) is 43.6 Å². The van der Waals surface area contributed by atoms with E-state index in [1.165, 1.54) is 0 Å². The maximum absolute atomic E-state index is 4.50. The zero-order valence-electron chi connectivity index (χ0n) is 10.0. The van der Waals surface area contributed by atoms with Gasteiger partial charge >= 0.3 is 0 Å². The number of halogens is 1. The minimum atomic E-state index is 0.758. The minimum absolute atomic E-state index is 0.758. The molecule has 6 heteroatoms. The van der Waals surface area contributed by atoms with Crippen molar-refractivity contribution in [3.63, 3.8) is 0 Å². The van der Waals surface area contributed by atoms with Gasteiger partial charge in [-0.2, -0.15) is 0 Å². The SMILES string of the molecule is Cc1nc(Cn2c(C)nc3ncc(I)cc32)cs1. The van der Waals surface area contributed by atoms with Gasteiger partial charge in [0.1, 0.15) is 5.82 Å².